The largest absolute Gasteiger partial charge is 0.477 e. The molecule has 12 heteroatoms. The van der Waals surface area contributed by atoms with Crippen LogP contribution < -0.4 is 20.3 Å². The Balaban J connectivity index is 1.41. The number of rotatable bonds is 7. The van der Waals surface area contributed by atoms with Crippen molar-refractivity contribution in [3.05, 3.63) is 71.5 Å². The summed E-state index contributed by atoms with van der Waals surface area (Å²) in [5, 5.41) is 16.0. The van der Waals surface area contributed by atoms with Crippen molar-refractivity contribution < 1.29 is 22.7 Å². The average Bonchev–Trinajstić information content (AvgIpc) is 2.97. The standard InChI is InChI=1S/C30H32F3N7O2/c1-3-42-27-24(5-4-12-36-27)25-8-6-22(17-37-25)29(38-28(41)40-18-23(19-40)35-2)10-13-39(14-11-29)26-9-7-21(30(31,32)33)15-20(26)16-34/h4-9,12,15,17,23,35H,3,10-11,13-14,18-19H2,1-2H3,(H,38,41). The predicted octanol–water partition coefficient (Wildman–Crippen LogP) is 4.54. The number of likely N-dealkylation sites (tertiary alicyclic amines) is 1. The molecule has 0 atom stereocenters. The van der Waals surface area contributed by atoms with Gasteiger partial charge in [0.05, 0.1) is 40.2 Å². The summed E-state index contributed by atoms with van der Waals surface area (Å²) in [4.78, 5) is 26.0. The lowest BCUT2D eigenvalue weighted by molar-refractivity contribution is -0.137. The lowest BCUT2D eigenvalue weighted by atomic mass is 9.81. The number of nitrogens with zero attached hydrogens (tertiary/aromatic N) is 5. The Morgan fingerprint density at radius 3 is 2.55 bits per heavy atom. The van der Waals surface area contributed by atoms with Gasteiger partial charge in [-0.15, -0.1) is 0 Å². The zero-order valence-electron chi connectivity index (χ0n) is 23.4. The second kappa shape index (κ2) is 11.9. The summed E-state index contributed by atoms with van der Waals surface area (Å²) in [6.07, 6.45) is -0.200. The van der Waals surface area contributed by atoms with Crippen LogP contribution in [0.3, 0.4) is 0 Å². The Morgan fingerprint density at radius 2 is 1.93 bits per heavy atom. The van der Waals surface area contributed by atoms with E-state index in [-0.39, 0.29) is 17.6 Å². The Bertz CT molecular complexity index is 1460. The number of alkyl halides is 3. The van der Waals surface area contributed by atoms with E-state index in [4.69, 9.17) is 9.72 Å². The second-order valence-corrected chi connectivity index (χ2v) is 10.5. The highest BCUT2D eigenvalue weighted by molar-refractivity contribution is 5.77. The summed E-state index contributed by atoms with van der Waals surface area (Å²) < 4.78 is 45.4. The summed E-state index contributed by atoms with van der Waals surface area (Å²) in [6.45, 7) is 4.37. The van der Waals surface area contributed by atoms with Crippen LogP contribution in [0.25, 0.3) is 11.3 Å². The van der Waals surface area contributed by atoms with Crippen molar-refractivity contribution in [2.24, 2.45) is 0 Å². The van der Waals surface area contributed by atoms with Crippen LogP contribution in [0.1, 0.15) is 36.5 Å². The molecule has 0 saturated carbocycles. The Hall–Kier alpha value is -4.37. The summed E-state index contributed by atoms with van der Waals surface area (Å²) in [5.74, 6) is 0.485. The van der Waals surface area contributed by atoms with Crippen molar-refractivity contribution in [3.63, 3.8) is 0 Å². The smallest absolute Gasteiger partial charge is 0.416 e. The quantitative estimate of drug-likeness (QED) is 0.423. The highest BCUT2D eigenvalue weighted by atomic mass is 19.4. The van der Waals surface area contributed by atoms with Crippen LogP contribution >= 0.6 is 0 Å². The number of benzene rings is 1. The van der Waals surface area contributed by atoms with Crippen LogP contribution in [0.4, 0.5) is 23.7 Å². The van der Waals surface area contributed by atoms with E-state index >= 15 is 0 Å². The number of anilines is 1. The molecule has 2 fully saturated rings. The first-order valence-corrected chi connectivity index (χ1v) is 13.8. The number of likely N-dealkylation sites (N-methyl/N-ethyl adjacent to an activating group) is 1. The van der Waals surface area contributed by atoms with Crippen LogP contribution in [0, 0.1) is 11.3 Å². The second-order valence-electron chi connectivity index (χ2n) is 10.5. The number of pyridine rings is 2. The van der Waals surface area contributed by atoms with E-state index < -0.39 is 17.3 Å². The van der Waals surface area contributed by atoms with Gasteiger partial charge in [-0.2, -0.15) is 18.4 Å². The molecule has 0 radical (unpaired) electrons. The van der Waals surface area contributed by atoms with Crippen molar-refractivity contribution in [1.29, 1.82) is 5.26 Å². The van der Waals surface area contributed by atoms with E-state index in [2.05, 4.69) is 15.6 Å². The molecular weight excluding hydrogens is 547 g/mol. The van der Waals surface area contributed by atoms with E-state index in [0.717, 1.165) is 23.3 Å². The molecule has 0 aliphatic carbocycles. The molecule has 2 saturated heterocycles. The van der Waals surface area contributed by atoms with Gasteiger partial charge >= 0.3 is 12.2 Å². The first-order chi connectivity index (χ1) is 20.2. The third-order valence-corrected chi connectivity index (χ3v) is 7.97. The third-order valence-electron chi connectivity index (χ3n) is 7.97. The highest BCUT2D eigenvalue weighted by Gasteiger charge is 2.41. The lowest BCUT2D eigenvalue weighted by Crippen LogP contribution is -2.64. The molecule has 4 heterocycles. The lowest BCUT2D eigenvalue weighted by Gasteiger charge is -2.46. The maximum atomic E-state index is 13.3. The average molecular weight is 580 g/mol. The van der Waals surface area contributed by atoms with E-state index in [0.29, 0.717) is 62.9 Å². The molecule has 9 nitrogen and oxygen atoms in total. The zero-order valence-corrected chi connectivity index (χ0v) is 23.4. The van der Waals surface area contributed by atoms with Gasteiger partial charge in [0, 0.05) is 44.6 Å². The van der Waals surface area contributed by atoms with Crippen molar-refractivity contribution in [2.45, 2.75) is 37.5 Å². The highest BCUT2D eigenvalue weighted by Crippen LogP contribution is 2.38. The number of piperidine rings is 1. The fourth-order valence-electron chi connectivity index (χ4n) is 5.48. The molecule has 2 N–H and O–H groups in total. The number of nitriles is 1. The molecule has 5 rings (SSSR count). The van der Waals surface area contributed by atoms with E-state index in [1.807, 2.05) is 49.2 Å². The van der Waals surface area contributed by atoms with Gasteiger partial charge in [-0.1, -0.05) is 6.07 Å². The predicted molar refractivity (Wildman–Crippen MR) is 151 cm³/mol. The van der Waals surface area contributed by atoms with Crippen LogP contribution in [0.2, 0.25) is 0 Å². The number of urea groups is 1. The molecule has 2 amide bonds. The Kier molecular flexibility index (Phi) is 8.22. The summed E-state index contributed by atoms with van der Waals surface area (Å²) in [5.41, 5.74) is 1.04. The normalized spacial score (nSPS) is 16.9. The van der Waals surface area contributed by atoms with Crippen molar-refractivity contribution >= 4 is 11.7 Å². The van der Waals surface area contributed by atoms with Gasteiger partial charge in [0.15, 0.2) is 0 Å². The van der Waals surface area contributed by atoms with Gasteiger partial charge in [0.1, 0.15) is 6.07 Å². The number of carbonyl (C=O) groups excluding carboxylic acids is 1. The van der Waals surface area contributed by atoms with Gasteiger partial charge < -0.3 is 25.2 Å². The van der Waals surface area contributed by atoms with Crippen molar-refractivity contribution in [2.75, 3.05) is 44.7 Å². The molecular formula is C30H32F3N7O2. The fraction of sp³-hybridized carbons (Fsp3) is 0.400. The summed E-state index contributed by atoms with van der Waals surface area (Å²) in [6, 6.07) is 12.7. The Labute approximate surface area is 242 Å². The molecule has 0 spiro atoms. The number of nitrogens with one attached hydrogen (secondary N) is 2. The maximum absolute atomic E-state index is 13.3. The van der Waals surface area contributed by atoms with E-state index in [9.17, 15) is 23.2 Å². The molecule has 3 aromatic rings. The van der Waals surface area contributed by atoms with E-state index in [1.165, 1.54) is 6.07 Å². The molecule has 220 valence electrons. The fourth-order valence-corrected chi connectivity index (χ4v) is 5.48. The van der Waals surface area contributed by atoms with Gasteiger partial charge in [-0.25, -0.2) is 9.78 Å². The van der Waals surface area contributed by atoms with Crippen LogP contribution in [0.15, 0.2) is 54.9 Å². The molecule has 2 aliphatic heterocycles. The zero-order chi connectivity index (χ0) is 29.9. The molecule has 1 aromatic carbocycles. The first kappa shape index (κ1) is 29.1. The topological polar surface area (TPSA) is 106 Å². The van der Waals surface area contributed by atoms with Crippen LogP contribution in [-0.4, -0.2) is 66.8 Å². The number of halogens is 3. The van der Waals surface area contributed by atoms with Crippen LogP contribution in [-0.2, 0) is 11.7 Å². The summed E-state index contributed by atoms with van der Waals surface area (Å²) in [7, 11) is 1.86. The van der Waals surface area contributed by atoms with Gasteiger partial charge in [0.2, 0.25) is 5.88 Å². The third kappa shape index (κ3) is 5.83. The number of aromatic nitrogens is 2. The monoisotopic (exact) mass is 579 g/mol. The summed E-state index contributed by atoms with van der Waals surface area (Å²) >= 11 is 0. The SMILES string of the molecule is CCOc1ncccc1-c1ccc(C2(NC(=O)N3CC(NC)C3)CCN(c3ccc(C(F)(F)F)cc3C#N)CC2)cn1. The van der Waals surface area contributed by atoms with E-state index in [1.54, 1.807) is 17.3 Å². The number of carbonyl (C=O) groups is 1. The number of hydrogen-bond donors (Lipinski definition) is 2. The van der Waals surface area contributed by atoms with Gasteiger partial charge in [-0.3, -0.25) is 4.98 Å². The van der Waals surface area contributed by atoms with Gasteiger partial charge in [-0.05, 0) is 68.8 Å². The minimum Gasteiger partial charge on any atom is -0.477 e. The number of amides is 2. The maximum Gasteiger partial charge on any atom is 0.416 e. The molecule has 2 aliphatic rings. The molecule has 2 aromatic heterocycles. The van der Waals surface area contributed by atoms with Gasteiger partial charge in [0.25, 0.3) is 0 Å². The van der Waals surface area contributed by atoms with Crippen molar-refractivity contribution in [3.8, 4) is 23.2 Å². The first-order valence-electron chi connectivity index (χ1n) is 13.8. The number of hydrogen-bond acceptors (Lipinski definition) is 7. The Morgan fingerprint density at radius 1 is 1.17 bits per heavy atom. The molecule has 42 heavy (non-hydrogen) atoms. The van der Waals surface area contributed by atoms with Crippen LogP contribution in [0.5, 0.6) is 5.88 Å². The van der Waals surface area contributed by atoms with Crippen molar-refractivity contribution in [1.82, 2.24) is 25.5 Å². The molecule has 0 unspecified atom stereocenters. The minimum atomic E-state index is -4.53. The molecule has 0 bridgehead atoms. The minimum absolute atomic E-state index is 0.0346. The number of ether oxygens (including phenoxy) is 1.